The van der Waals surface area contributed by atoms with E-state index >= 15 is 0 Å². The molecule has 0 amide bonds. The minimum Gasteiger partial charge on any atom is -0.233 e. The molecule has 0 saturated heterocycles. The molecule has 0 atom stereocenters. The van der Waals surface area contributed by atoms with Crippen LogP contribution in [0.5, 0.6) is 0 Å². The zero-order chi connectivity index (χ0) is 14.9. The van der Waals surface area contributed by atoms with E-state index in [4.69, 9.17) is 0 Å². The molecule has 1 aromatic heterocycles. The second kappa shape index (κ2) is 5.09. The summed E-state index contributed by atoms with van der Waals surface area (Å²) < 4.78 is 40.1. The molecule has 2 nitrogen and oxygen atoms in total. The van der Waals surface area contributed by atoms with E-state index in [0.29, 0.717) is 16.9 Å². The minimum atomic E-state index is -4.48. The summed E-state index contributed by atoms with van der Waals surface area (Å²) in [6, 6.07) is 19.4. The lowest BCUT2D eigenvalue weighted by molar-refractivity contribution is -0.141. The molecule has 0 spiro atoms. The van der Waals surface area contributed by atoms with Gasteiger partial charge in [0.05, 0.1) is 11.4 Å². The maximum absolute atomic E-state index is 12.9. The summed E-state index contributed by atoms with van der Waals surface area (Å²) in [5.74, 6) is 0. The van der Waals surface area contributed by atoms with Gasteiger partial charge in [-0.3, -0.25) is 0 Å². The van der Waals surface area contributed by atoms with Crippen LogP contribution in [0.1, 0.15) is 5.69 Å². The zero-order valence-electron chi connectivity index (χ0n) is 10.8. The van der Waals surface area contributed by atoms with Crippen molar-refractivity contribution in [1.82, 2.24) is 9.78 Å². The number of alkyl halides is 3. The topological polar surface area (TPSA) is 17.8 Å². The van der Waals surface area contributed by atoms with E-state index in [2.05, 4.69) is 11.2 Å². The van der Waals surface area contributed by atoms with Gasteiger partial charge in [0.15, 0.2) is 5.69 Å². The van der Waals surface area contributed by atoms with E-state index in [0.717, 1.165) is 6.07 Å². The Morgan fingerprint density at radius 3 is 2.24 bits per heavy atom. The summed E-state index contributed by atoms with van der Waals surface area (Å²) in [7, 11) is 0. The SMILES string of the molecule is FC(F)(F)c1cc(-c2ccccc2)n(-c2cc[c]cc2)n1. The van der Waals surface area contributed by atoms with Gasteiger partial charge in [0.25, 0.3) is 0 Å². The lowest BCUT2D eigenvalue weighted by Gasteiger charge is -2.07. The van der Waals surface area contributed by atoms with Gasteiger partial charge in [-0.25, -0.2) is 4.68 Å². The third-order valence-electron chi connectivity index (χ3n) is 3.01. The van der Waals surface area contributed by atoms with Crippen LogP contribution in [0.2, 0.25) is 0 Å². The number of benzene rings is 2. The van der Waals surface area contributed by atoms with Crippen LogP contribution in [0.4, 0.5) is 13.2 Å². The number of nitrogens with zero attached hydrogens (tertiary/aromatic N) is 2. The highest BCUT2D eigenvalue weighted by atomic mass is 19.4. The number of rotatable bonds is 2. The summed E-state index contributed by atoms with van der Waals surface area (Å²) in [6.45, 7) is 0. The zero-order valence-corrected chi connectivity index (χ0v) is 10.8. The Labute approximate surface area is 119 Å². The van der Waals surface area contributed by atoms with Gasteiger partial charge in [0, 0.05) is 5.56 Å². The average molecular weight is 287 g/mol. The molecule has 1 radical (unpaired) electrons. The fourth-order valence-corrected chi connectivity index (χ4v) is 2.05. The van der Waals surface area contributed by atoms with E-state index in [1.54, 1.807) is 48.5 Å². The van der Waals surface area contributed by atoms with Crippen LogP contribution in [0.3, 0.4) is 0 Å². The Morgan fingerprint density at radius 2 is 1.62 bits per heavy atom. The fourth-order valence-electron chi connectivity index (χ4n) is 2.05. The Balaban J connectivity index is 2.20. The van der Waals surface area contributed by atoms with E-state index in [1.165, 1.54) is 4.68 Å². The second-order valence-corrected chi connectivity index (χ2v) is 4.45. The molecule has 3 rings (SSSR count). The van der Waals surface area contributed by atoms with Crippen LogP contribution >= 0.6 is 0 Å². The molecule has 0 N–H and O–H groups in total. The largest absolute Gasteiger partial charge is 0.435 e. The van der Waals surface area contributed by atoms with Gasteiger partial charge in [-0.2, -0.15) is 18.3 Å². The quantitative estimate of drug-likeness (QED) is 0.685. The Hall–Kier alpha value is -2.56. The molecule has 1 heterocycles. The number of hydrogen-bond acceptors (Lipinski definition) is 1. The molecule has 0 fully saturated rings. The van der Waals surface area contributed by atoms with Crippen molar-refractivity contribution in [2.45, 2.75) is 6.18 Å². The third kappa shape index (κ3) is 2.67. The predicted octanol–water partition coefficient (Wildman–Crippen LogP) is 4.36. The first-order valence-electron chi connectivity index (χ1n) is 6.25. The third-order valence-corrected chi connectivity index (χ3v) is 3.01. The summed E-state index contributed by atoms with van der Waals surface area (Å²) in [4.78, 5) is 0. The van der Waals surface area contributed by atoms with Crippen molar-refractivity contribution in [3.63, 3.8) is 0 Å². The normalized spacial score (nSPS) is 11.6. The predicted molar refractivity (Wildman–Crippen MR) is 72.8 cm³/mol. The first-order chi connectivity index (χ1) is 10.1. The van der Waals surface area contributed by atoms with Crippen molar-refractivity contribution >= 4 is 0 Å². The maximum Gasteiger partial charge on any atom is 0.435 e. The summed E-state index contributed by atoms with van der Waals surface area (Å²) in [5.41, 5.74) is 0.722. The first kappa shape index (κ1) is 13.4. The molecule has 3 aromatic rings. The molecule has 0 bridgehead atoms. The van der Waals surface area contributed by atoms with Gasteiger partial charge in [0.1, 0.15) is 0 Å². The Bertz CT molecular complexity index is 674. The molecule has 0 unspecified atom stereocenters. The first-order valence-corrected chi connectivity index (χ1v) is 6.25. The summed E-state index contributed by atoms with van der Waals surface area (Å²) in [6.07, 6.45) is -4.48. The van der Waals surface area contributed by atoms with Crippen molar-refractivity contribution in [2.24, 2.45) is 0 Å². The van der Waals surface area contributed by atoms with Crippen molar-refractivity contribution in [1.29, 1.82) is 0 Å². The Morgan fingerprint density at radius 1 is 0.952 bits per heavy atom. The molecule has 105 valence electrons. The molecule has 0 aliphatic carbocycles. The lowest BCUT2D eigenvalue weighted by Crippen LogP contribution is -2.07. The van der Waals surface area contributed by atoms with Crippen molar-refractivity contribution < 1.29 is 13.2 Å². The van der Waals surface area contributed by atoms with Crippen LogP contribution in [0, 0.1) is 6.07 Å². The fraction of sp³-hybridized carbons (Fsp3) is 0.0625. The number of aromatic nitrogens is 2. The van der Waals surface area contributed by atoms with Gasteiger partial charge in [-0.1, -0.05) is 42.5 Å². The minimum absolute atomic E-state index is 0.397. The molecule has 0 aliphatic heterocycles. The lowest BCUT2D eigenvalue weighted by atomic mass is 10.1. The van der Waals surface area contributed by atoms with Gasteiger partial charge < -0.3 is 0 Å². The van der Waals surface area contributed by atoms with Gasteiger partial charge in [0.2, 0.25) is 0 Å². The highest BCUT2D eigenvalue weighted by Gasteiger charge is 2.35. The molecule has 21 heavy (non-hydrogen) atoms. The van der Waals surface area contributed by atoms with E-state index in [1.807, 2.05) is 6.07 Å². The molecular weight excluding hydrogens is 277 g/mol. The number of hydrogen-bond donors (Lipinski definition) is 0. The van der Waals surface area contributed by atoms with Crippen LogP contribution in [0.25, 0.3) is 16.9 Å². The van der Waals surface area contributed by atoms with Gasteiger partial charge >= 0.3 is 6.18 Å². The highest BCUT2D eigenvalue weighted by molar-refractivity contribution is 5.62. The van der Waals surface area contributed by atoms with Gasteiger partial charge in [-0.15, -0.1) is 0 Å². The van der Waals surface area contributed by atoms with Crippen molar-refractivity contribution in [2.75, 3.05) is 0 Å². The second-order valence-electron chi connectivity index (χ2n) is 4.45. The monoisotopic (exact) mass is 287 g/mol. The standard InChI is InChI=1S/C16H10F3N2/c17-16(18,19)15-11-14(12-7-3-1-4-8-12)21(20-15)13-9-5-2-6-10-13/h1,3-11H. The summed E-state index contributed by atoms with van der Waals surface area (Å²) in [5, 5.41) is 3.71. The van der Waals surface area contributed by atoms with Crippen LogP contribution in [-0.4, -0.2) is 9.78 Å². The summed E-state index contributed by atoms with van der Waals surface area (Å²) >= 11 is 0. The van der Waals surface area contributed by atoms with E-state index in [9.17, 15) is 13.2 Å². The van der Waals surface area contributed by atoms with Crippen molar-refractivity contribution in [3.05, 3.63) is 72.4 Å². The van der Waals surface area contributed by atoms with Gasteiger partial charge in [-0.05, 0) is 24.3 Å². The van der Waals surface area contributed by atoms with Crippen LogP contribution in [-0.2, 0) is 6.18 Å². The van der Waals surface area contributed by atoms with E-state index in [-0.39, 0.29) is 0 Å². The number of halogens is 3. The van der Waals surface area contributed by atoms with Crippen molar-refractivity contribution in [3.8, 4) is 16.9 Å². The van der Waals surface area contributed by atoms with E-state index < -0.39 is 11.9 Å². The molecule has 0 aliphatic rings. The van der Waals surface area contributed by atoms with Crippen LogP contribution in [0.15, 0.2) is 60.7 Å². The molecule has 2 aromatic carbocycles. The molecular formula is C16H10F3N2. The average Bonchev–Trinajstić information content (AvgIpc) is 2.94. The Kier molecular flexibility index (Phi) is 3.25. The van der Waals surface area contributed by atoms with Crippen LogP contribution < -0.4 is 0 Å². The highest BCUT2D eigenvalue weighted by Crippen LogP contribution is 2.32. The maximum atomic E-state index is 12.9. The smallest absolute Gasteiger partial charge is 0.233 e. The molecule has 0 saturated carbocycles. The molecule has 5 heteroatoms.